The summed E-state index contributed by atoms with van der Waals surface area (Å²) >= 11 is 0. The first-order valence-electron chi connectivity index (χ1n) is 7.85. The summed E-state index contributed by atoms with van der Waals surface area (Å²) in [5.41, 5.74) is 0.751. The van der Waals surface area contributed by atoms with Crippen LogP contribution < -0.4 is 5.32 Å². The van der Waals surface area contributed by atoms with Gasteiger partial charge in [-0.3, -0.25) is 0 Å². The van der Waals surface area contributed by atoms with Crippen LogP contribution in [0.2, 0.25) is 0 Å². The third-order valence-corrected chi connectivity index (χ3v) is 4.27. The number of hydrogen-bond donors (Lipinski definition) is 1. The Morgan fingerprint density at radius 1 is 1.19 bits per heavy atom. The molecule has 4 heteroatoms. The molecule has 0 saturated heterocycles. The Morgan fingerprint density at radius 2 is 2.00 bits per heavy atom. The summed E-state index contributed by atoms with van der Waals surface area (Å²) in [6, 6.07) is 7.52. The van der Waals surface area contributed by atoms with Gasteiger partial charge in [0.2, 0.25) is 5.95 Å². The van der Waals surface area contributed by atoms with Crippen LogP contribution >= 0.6 is 0 Å². The molecule has 1 aromatic heterocycles. The van der Waals surface area contributed by atoms with Crippen LogP contribution in [0.1, 0.15) is 43.7 Å². The standard InChI is InChI=1S/C17H22FN3/c18-16-9-5-4-6-14(16)10-11-19-17-20-12-13-21(17)15-7-2-1-3-8-15/h4-6,9,12-13,15H,1-3,7-8,10-11H2,(H,19,20). The van der Waals surface area contributed by atoms with E-state index in [1.807, 2.05) is 18.3 Å². The lowest BCUT2D eigenvalue weighted by atomic mass is 9.95. The van der Waals surface area contributed by atoms with Crippen LogP contribution in [-0.4, -0.2) is 16.1 Å². The highest BCUT2D eigenvalue weighted by atomic mass is 19.1. The van der Waals surface area contributed by atoms with E-state index in [2.05, 4.69) is 21.1 Å². The van der Waals surface area contributed by atoms with Gasteiger partial charge in [0.05, 0.1) is 0 Å². The van der Waals surface area contributed by atoms with Gasteiger partial charge in [-0.25, -0.2) is 9.37 Å². The Kier molecular flexibility index (Phi) is 4.53. The number of halogens is 1. The summed E-state index contributed by atoms with van der Waals surface area (Å²) in [5, 5.41) is 3.35. The molecule has 0 unspecified atom stereocenters. The maximum atomic E-state index is 13.6. The smallest absolute Gasteiger partial charge is 0.203 e. The Hall–Kier alpha value is -1.84. The molecule has 2 aromatic rings. The summed E-state index contributed by atoms with van der Waals surface area (Å²) in [4.78, 5) is 4.40. The number of hydrogen-bond acceptors (Lipinski definition) is 2. The van der Waals surface area contributed by atoms with E-state index in [1.165, 1.54) is 38.2 Å². The third kappa shape index (κ3) is 3.43. The highest BCUT2D eigenvalue weighted by Crippen LogP contribution is 2.30. The summed E-state index contributed by atoms with van der Waals surface area (Å²) in [6.45, 7) is 0.699. The minimum absolute atomic E-state index is 0.130. The third-order valence-electron chi connectivity index (χ3n) is 4.27. The summed E-state index contributed by atoms with van der Waals surface area (Å²) < 4.78 is 15.8. The number of aromatic nitrogens is 2. The first kappa shape index (κ1) is 14.1. The molecule has 0 bridgehead atoms. The van der Waals surface area contributed by atoms with E-state index < -0.39 is 0 Å². The van der Waals surface area contributed by atoms with E-state index in [0.29, 0.717) is 19.0 Å². The number of benzene rings is 1. The van der Waals surface area contributed by atoms with E-state index in [1.54, 1.807) is 6.07 Å². The quantitative estimate of drug-likeness (QED) is 0.894. The second kappa shape index (κ2) is 6.74. The minimum Gasteiger partial charge on any atom is -0.355 e. The number of nitrogens with one attached hydrogen (secondary N) is 1. The van der Waals surface area contributed by atoms with Crippen molar-refractivity contribution in [2.24, 2.45) is 0 Å². The van der Waals surface area contributed by atoms with Gasteiger partial charge in [-0.1, -0.05) is 37.5 Å². The monoisotopic (exact) mass is 287 g/mol. The van der Waals surface area contributed by atoms with Crippen LogP contribution in [0.3, 0.4) is 0 Å². The van der Waals surface area contributed by atoms with Gasteiger partial charge in [0.15, 0.2) is 0 Å². The Bertz CT molecular complexity index is 573. The van der Waals surface area contributed by atoms with E-state index >= 15 is 0 Å². The fourth-order valence-corrected chi connectivity index (χ4v) is 3.11. The molecule has 0 aliphatic heterocycles. The van der Waals surface area contributed by atoms with Crippen LogP contribution in [0.15, 0.2) is 36.7 Å². The molecule has 1 aromatic carbocycles. The predicted octanol–water partition coefficient (Wildman–Crippen LogP) is 4.18. The molecule has 0 atom stereocenters. The fraction of sp³-hybridized carbons (Fsp3) is 0.471. The second-order valence-electron chi connectivity index (χ2n) is 5.72. The van der Waals surface area contributed by atoms with E-state index in [0.717, 1.165) is 11.5 Å². The molecule has 0 amide bonds. The molecule has 1 aliphatic rings. The zero-order valence-electron chi connectivity index (χ0n) is 12.3. The SMILES string of the molecule is Fc1ccccc1CCNc1nccn1C1CCCCC1. The number of anilines is 1. The molecule has 1 N–H and O–H groups in total. The fourth-order valence-electron chi connectivity index (χ4n) is 3.11. The van der Waals surface area contributed by atoms with Crippen molar-refractivity contribution in [2.75, 3.05) is 11.9 Å². The Morgan fingerprint density at radius 3 is 2.81 bits per heavy atom. The number of nitrogens with zero attached hydrogens (tertiary/aromatic N) is 2. The number of rotatable bonds is 5. The molecule has 1 heterocycles. The molecule has 3 rings (SSSR count). The summed E-state index contributed by atoms with van der Waals surface area (Å²) in [5.74, 6) is 0.785. The zero-order valence-corrected chi connectivity index (χ0v) is 12.3. The van der Waals surface area contributed by atoms with Gasteiger partial charge in [-0.2, -0.15) is 0 Å². The van der Waals surface area contributed by atoms with Crippen LogP contribution in [0.5, 0.6) is 0 Å². The lowest BCUT2D eigenvalue weighted by Crippen LogP contribution is -2.17. The predicted molar refractivity (Wildman–Crippen MR) is 82.9 cm³/mol. The molecule has 1 saturated carbocycles. The summed E-state index contributed by atoms with van der Waals surface area (Å²) in [6.07, 6.45) is 11.0. The van der Waals surface area contributed by atoms with Gasteiger partial charge in [-0.15, -0.1) is 0 Å². The molecule has 21 heavy (non-hydrogen) atoms. The zero-order chi connectivity index (χ0) is 14.5. The van der Waals surface area contributed by atoms with Gasteiger partial charge in [0.25, 0.3) is 0 Å². The second-order valence-corrected chi connectivity index (χ2v) is 5.72. The van der Waals surface area contributed by atoms with Crippen molar-refractivity contribution < 1.29 is 4.39 Å². The van der Waals surface area contributed by atoms with Gasteiger partial charge in [0, 0.05) is 25.0 Å². The van der Waals surface area contributed by atoms with E-state index in [4.69, 9.17) is 0 Å². The van der Waals surface area contributed by atoms with E-state index in [9.17, 15) is 4.39 Å². The van der Waals surface area contributed by atoms with Gasteiger partial charge >= 0.3 is 0 Å². The van der Waals surface area contributed by atoms with Crippen molar-refractivity contribution in [2.45, 2.75) is 44.6 Å². The summed E-state index contributed by atoms with van der Waals surface area (Å²) in [7, 11) is 0. The Balaban J connectivity index is 1.58. The van der Waals surface area contributed by atoms with Crippen molar-refractivity contribution in [1.82, 2.24) is 9.55 Å². The first-order chi connectivity index (χ1) is 10.3. The maximum Gasteiger partial charge on any atom is 0.203 e. The lowest BCUT2D eigenvalue weighted by molar-refractivity contribution is 0.356. The normalized spacial score (nSPS) is 16.0. The minimum atomic E-state index is -0.130. The van der Waals surface area contributed by atoms with Crippen molar-refractivity contribution in [3.63, 3.8) is 0 Å². The van der Waals surface area contributed by atoms with Crippen molar-refractivity contribution in [3.05, 3.63) is 48.0 Å². The molecule has 1 aliphatic carbocycles. The molecule has 1 fully saturated rings. The molecule has 3 nitrogen and oxygen atoms in total. The molecule has 0 spiro atoms. The van der Waals surface area contributed by atoms with Crippen molar-refractivity contribution in [3.8, 4) is 0 Å². The highest BCUT2D eigenvalue weighted by molar-refractivity contribution is 5.28. The number of imidazole rings is 1. The molecular weight excluding hydrogens is 265 g/mol. The van der Waals surface area contributed by atoms with E-state index in [-0.39, 0.29) is 5.82 Å². The van der Waals surface area contributed by atoms with Crippen LogP contribution in [0.4, 0.5) is 10.3 Å². The van der Waals surface area contributed by atoms with Crippen molar-refractivity contribution in [1.29, 1.82) is 0 Å². The average Bonchev–Trinajstić information content (AvgIpc) is 2.99. The lowest BCUT2D eigenvalue weighted by Gasteiger charge is -2.24. The average molecular weight is 287 g/mol. The Labute approximate surface area is 125 Å². The first-order valence-corrected chi connectivity index (χ1v) is 7.85. The molecule has 112 valence electrons. The largest absolute Gasteiger partial charge is 0.355 e. The molecular formula is C17H22FN3. The highest BCUT2D eigenvalue weighted by Gasteiger charge is 2.17. The van der Waals surface area contributed by atoms with Gasteiger partial charge < -0.3 is 9.88 Å². The van der Waals surface area contributed by atoms with Gasteiger partial charge in [0.1, 0.15) is 5.82 Å². The van der Waals surface area contributed by atoms with Crippen LogP contribution in [0, 0.1) is 5.82 Å². The van der Waals surface area contributed by atoms with Crippen molar-refractivity contribution >= 4 is 5.95 Å². The molecule has 0 radical (unpaired) electrons. The van der Waals surface area contributed by atoms with Gasteiger partial charge in [-0.05, 0) is 30.9 Å². The topological polar surface area (TPSA) is 29.9 Å². The maximum absolute atomic E-state index is 13.6. The van der Waals surface area contributed by atoms with Crippen LogP contribution in [-0.2, 0) is 6.42 Å². The van der Waals surface area contributed by atoms with Crippen LogP contribution in [0.25, 0.3) is 0 Å².